The highest BCUT2D eigenvalue weighted by atomic mass is 32.2. The maximum atomic E-state index is 12.7. The van der Waals surface area contributed by atoms with Crippen molar-refractivity contribution in [3.8, 4) is 0 Å². The molecule has 1 aliphatic rings. The lowest BCUT2D eigenvalue weighted by Gasteiger charge is -2.34. The van der Waals surface area contributed by atoms with Gasteiger partial charge in [0.1, 0.15) is 0 Å². The summed E-state index contributed by atoms with van der Waals surface area (Å²) in [6.45, 7) is 8.21. The van der Waals surface area contributed by atoms with Crippen LogP contribution in [-0.4, -0.2) is 50.3 Å². The molecule has 2 rings (SSSR count). The monoisotopic (exact) mass is 311 g/mol. The Morgan fingerprint density at radius 3 is 2.38 bits per heavy atom. The quantitative estimate of drug-likeness (QED) is 0.886. The Kier molecular flexibility index (Phi) is 5.37. The van der Waals surface area contributed by atoms with Gasteiger partial charge in [0, 0.05) is 32.7 Å². The molecule has 5 nitrogen and oxygen atoms in total. The lowest BCUT2D eigenvalue weighted by molar-refractivity contribution is 0.188. The van der Waals surface area contributed by atoms with Gasteiger partial charge in [0.2, 0.25) is 10.0 Å². The Balaban J connectivity index is 2.16. The number of aryl methyl sites for hydroxylation is 1. The van der Waals surface area contributed by atoms with E-state index in [2.05, 4.69) is 11.8 Å². The van der Waals surface area contributed by atoms with Gasteiger partial charge >= 0.3 is 0 Å². The molecule has 1 aromatic rings. The fourth-order valence-corrected chi connectivity index (χ4v) is 4.40. The normalized spacial score (nSPS) is 18.0. The van der Waals surface area contributed by atoms with E-state index in [4.69, 9.17) is 5.73 Å². The zero-order chi connectivity index (χ0) is 15.5. The number of benzene rings is 1. The van der Waals surface area contributed by atoms with Crippen LogP contribution in [-0.2, 0) is 16.6 Å². The van der Waals surface area contributed by atoms with Gasteiger partial charge in [0.05, 0.1) is 4.90 Å². The Morgan fingerprint density at radius 1 is 1.19 bits per heavy atom. The molecule has 0 radical (unpaired) electrons. The molecule has 1 heterocycles. The Hall–Kier alpha value is -0.950. The van der Waals surface area contributed by atoms with Crippen LogP contribution in [0.5, 0.6) is 0 Å². The summed E-state index contributed by atoms with van der Waals surface area (Å²) in [7, 11) is -3.39. The van der Waals surface area contributed by atoms with Crippen LogP contribution in [0, 0.1) is 6.92 Å². The average Bonchev–Trinajstić information content (AvgIpc) is 2.47. The summed E-state index contributed by atoms with van der Waals surface area (Å²) in [4.78, 5) is 2.72. The molecule has 21 heavy (non-hydrogen) atoms. The minimum absolute atomic E-state index is 0.406. The molecule has 2 N–H and O–H groups in total. The summed E-state index contributed by atoms with van der Waals surface area (Å²) in [6, 6.07) is 5.35. The van der Waals surface area contributed by atoms with Crippen molar-refractivity contribution in [1.82, 2.24) is 9.21 Å². The van der Waals surface area contributed by atoms with Crippen LogP contribution < -0.4 is 5.73 Å². The SMILES string of the molecule is CCCN1CCN(S(=O)(=O)c2ccc(CN)cc2C)CC1. The summed E-state index contributed by atoms with van der Waals surface area (Å²) in [5.74, 6) is 0. The topological polar surface area (TPSA) is 66.6 Å². The standard InChI is InChI=1S/C15H25N3O2S/c1-3-6-17-7-9-18(10-8-17)21(19,20)15-5-4-14(12-16)11-13(15)2/h4-5,11H,3,6-10,12,16H2,1-2H3. The fraction of sp³-hybridized carbons (Fsp3) is 0.600. The van der Waals surface area contributed by atoms with Crippen molar-refractivity contribution in [2.75, 3.05) is 32.7 Å². The first-order chi connectivity index (χ1) is 9.98. The van der Waals surface area contributed by atoms with Crippen molar-refractivity contribution in [2.45, 2.75) is 31.7 Å². The van der Waals surface area contributed by atoms with E-state index in [1.54, 1.807) is 16.4 Å². The van der Waals surface area contributed by atoms with E-state index in [0.717, 1.165) is 37.2 Å². The maximum absolute atomic E-state index is 12.7. The third-order valence-electron chi connectivity index (χ3n) is 3.96. The van der Waals surface area contributed by atoms with Gasteiger partial charge in [-0.3, -0.25) is 0 Å². The van der Waals surface area contributed by atoms with Crippen molar-refractivity contribution in [2.24, 2.45) is 5.73 Å². The summed E-state index contributed by atoms with van der Waals surface area (Å²) in [5.41, 5.74) is 7.33. The van der Waals surface area contributed by atoms with Gasteiger partial charge in [-0.2, -0.15) is 4.31 Å². The highest BCUT2D eigenvalue weighted by molar-refractivity contribution is 7.89. The minimum atomic E-state index is -3.39. The van der Waals surface area contributed by atoms with Gasteiger partial charge in [-0.25, -0.2) is 8.42 Å². The van der Waals surface area contributed by atoms with Gasteiger partial charge < -0.3 is 10.6 Å². The molecule has 0 amide bonds. The number of nitrogens with two attached hydrogens (primary N) is 1. The van der Waals surface area contributed by atoms with Crippen LogP contribution >= 0.6 is 0 Å². The highest BCUT2D eigenvalue weighted by Crippen LogP contribution is 2.22. The first kappa shape index (κ1) is 16.4. The molecule has 1 saturated heterocycles. The van der Waals surface area contributed by atoms with Crippen LogP contribution in [0.4, 0.5) is 0 Å². The van der Waals surface area contributed by atoms with Crippen LogP contribution in [0.1, 0.15) is 24.5 Å². The van der Waals surface area contributed by atoms with Gasteiger partial charge in [-0.05, 0) is 37.1 Å². The summed E-state index contributed by atoms with van der Waals surface area (Å²) < 4.78 is 27.1. The van der Waals surface area contributed by atoms with Crippen LogP contribution in [0.15, 0.2) is 23.1 Å². The largest absolute Gasteiger partial charge is 0.326 e. The molecule has 6 heteroatoms. The minimum Gasteiger partial charge on any atom is -0.326 e. The zero-order valence-corrected chi connectivity index (χ0v) is 13.7. The number of hydrogen-bond acceptors (Lipinski definition) is 4. The van der Waals surface area contributed by atoms with Gasteiger partial charge in [-0.15, -0.1) is 0 Å². The first-order valence-corrected chi connectivity index (χ1v) is 8.95. The highest BCUT2D eigenvalue weighted by Gasteiger charge is 2.29. The Morgan fingerprint density at radius 2 is 1.86 bits per heavy atom. The third kappa shape index (κ3) is 3.63. The van der Waals surface area contributed by atoms with Crippen molar-refractivity contribution in [3.63, 3.8) is 0 Å². The molecule has 0 aromatic heterocycles. The molecule has 0 atom stereocenters. The van der Waals surface area contributed by atoms with Gasteiger partial charge in [0.25, 0.3) is 0 Å². The molecule has 0 aliphatic carbocycles. The molecule has 0 unspecified atom stereocenters. The van der Waals surface area contributed by atoms with Gasteiger partial charge in [-0.1, -0.05) is 19.1 Å². The van der Waals surface area contributed by atoms with Crippen molar-refractivity contribution in [1.29, 1.82) is 0 Å². The second-order valence-electron chi connectivity index (χ2n) is 5.55. The third-order valence-corrected chi connectivity index (χ3v) is 6.02. The van der Waals surface area contributed by atoms with E-state index < -0.39 is 10.0 Å². The number of rotatable bonds is 5. The smallest absolute Gasteiger partial charge is 0.243 e. The van der Waals surface area contributed by atoms with E-state index >= 15 is 0 Å². The lowest BCUT2D eigenvalue weighted by atomic mass is 10.1. The molecule has 0 saturated carbocycles. The number of piperazine rings is 1. The van der Waals surface area contributed by atoms with E-state index in [1.807, 2.05) is 13.0 Å². The molecular weight excluding hydrogens is 286 g/mol. The number of nitrogens with zero attached hydrogens (tertiary/aromatic N) is 2. The van der Waals surface area contributed by atoms with E-state index in [0.29, 0.717) is 24.5 Å². The summed E-state index contributed by atoms with van der Waals surface area (Å²) in [6.07, 6.45) is 1.10. The summed E-state index contributed by atoms with van der Waals surface area (Å²) >= 11 is 0. The van der Waals surface area contributed by atoms with Crippen LogP contribution in [0.3, 0.4) is 0 Å². The molecule has 1 fully saturated rings. The van der Waals surface area contributed by atoms with E-state index in [-0.39, 0.29) is 0 Å². The molecule has 1 aliphatic heterocycles. The van der Waals surface area contributed by atoms with Crippen molar-refractivity contribution >= 4 is 10.0 Å². The van der Waals surface area contributed by atoms with E-state index in [1.165, 1.54) is 0 Å². The fourth-order valence-electron chi connectivity index (χ4n) is 2.78. The zero-order valence-electron chi connectivity index (χ0n) is 12.9. The van der Waals surface area contributed by atoms with Crippen LogP contribution in [0.25, 0.3) is 0 Å². The van der Waals surface area contributed by atoms with E-state index in [9.17, 15) is 8.42 Å². The first-order valence-electron chi connectivity index (χ1n) is 7.51. The molecule has 0 bridgehead atoms. The van der Waals surface area contributed by atoms with Crippen molar-refractivity contribution < 1.29 is 8.42 Å². The molecule has 0 spiro atoms. The number of hydrogen-bond donors (Lipinski definition) is 1. The second-order valence-corrected chi connectivity index (χ2v) is 7.46. The lowest BCUT2D eigenvalue weighted by Crippen LogP contribution is -2.48. The average molecular weight is 311 g/mol. The second kappa shape index (κ2) is 6.87. The predicted molar refractivity (Wildman–Crippen MR) is 84.6 cm³/mol. The Labute approximate surface area is 127 Å². The molecular formula is C15H25N3O2S. The number of sulfonamides is 1. The predicted octanol–water partition coefficient (Wildman–Crippen LogP) is 1.17. The summed E-state index contributed by atoms with van der Waals surface area (Å²) in [5, 5.41) is 0. The van der Waals surface area contributed by atoms with Crippen LogP contribution in [0.2, 0.25) is 0 Å². The Bertz CT molecular complexity index is 579. The molecule has 1 aromatic carbocycles. The van der Waals surface area contributed by atoms with Crippen molar-refractivity contribution in [3.05, 3.63) is 29.3 Å². The maximum Gasteiger partial charge on any atom is 0.243 e. The van der Waals surface area contributed by atoms with Gasteiger partial charge in [0.15, 0.2) is 0 Å². The molecule has 118 valence electrons.